The Labute approximate surface area is 118 Å². The lowest BCUT2D eigenvalue weighted by Gasteiger charge is -2.31. The zero-order valence-corrected chi connectivity index (χ0v) is 11.3. The van der Waals surface area contributed by atoms with Crippen LogP contribution in [-0.4, -0.2) is 40.6 Å². The molecule has 2 aromatic rings. The normalized spacial score (nSPS) is 16.6. The van der Waals surface area contributed by atoms with Gasteiger partial charge in [0.1, 0.15) is 0 Å². The smallest absolute Gasteiger partial charge is 0.253 e. The first kappa shape index (κ1) is 13.1. The second-order valence-electron chi connectivity index (χ2n) is 5.33. The van der Waals surface area contributed by atoms with Crippen LogP contribution in [0.2, 0.25) is 0 Å². The monoisotopic (exact) mass is 270 g/mol. The molecule has 0 radical (unpaired) electrons. The topological polar surface area (TPSA) is 53.4 Å². The summed E-state index contributed by atoms with van der Waals surface area (Å²) in [6.45, 7) is 1.69. The lowest BCUT2D eigenvalue weighted by atomic mass is 9.97. The van der Waals surface area contributed by atoms with Crippen molar-refractivity contribution in [1.82, 2.24) is 9.88 Å². The lowest BCUT2D eigenvalue weighted by Crippen LogP contribution is -2.39. The van der Waals surface area contributed by atoms with E-state index in [2.05, 4.69) is 4.98 Å². The minimum Gasteiger partial charge on any atom is -0.396 e. The molecule has 1 aromatic heterocycles. The van der Waals surface area contributed by atoms with Gasteiger partial charge in [0.2, 0.25) is 0 Å². The first-order valence-electron chi connectivity index (χ1n) is 7.03. The molecule has 104 valence electrons. The van der Waals surface area contributed by atoms with Crippen molar-refractivity contribution in [1.29, 1.82) is 0 Å². The Morgan fingerprint density at radius 3 is 2.85 bits per heavy atom. The van der Waals surface area contributed by atoms with Crippen molar-refractivity contribution in [3.8, 4) is 0 Å². The SMILES string of the molecule is O=C(c1ccc2ncccc2c1)N1CCC(CO)CC1. The summed E-state index contributed by atoms with van der Waals surface area (Å²) in [6.07, 6.45) is 3.53. The molecule has 3 rings (SSSR count). The first-order chi connectivity index (χ1) is 9.78. The summed E-state index contributed by atoms with van der Waals surface area (Å²) in [4.78, 5) is 18.6. The Bertz CT molecular complexity index is 619. The predicted molar refractivity (Wildman–Crippen MR) is 77.5 cm³/mol. The third kappa shape index (κ3) is 2.51. The number of likely N-dealkylation sites (tertiary alicyclic amines) is 1. The van der Waals surface area contributed by atoms with E-state index in [1.807, 2.05) is 35.2 Å². The number of benzene rings is 1. The summed E-state index contributed by atoms with van der Waals surface area (Å²) in [5, 5.41) is 10.1. The van der Waals surface area contributed by atoms with E-state index in [1.54, 1.807) is 6.20 Å². The number of hydrogen-bond acceptors (Lipinski definition) is 3. The molecule has 1 N–H and O–H groups in total. The fourth-order valence-corrected chi connectivity index (χ4v) is 2.71. The van der Waals surface area contributed by atoms with Crippen LogP contribution in [0.5, 0.6) is 0 Å². The molecule has 2 heterocycles. The highest BCUT2D eigenvalue weighted by atomic mass is 16.3. The highest BCUT2D eigenvalue weighted by Crippen LogP contribution is 2.20. The molecule has 0 spiro atoms. The predicted octanol–water partition coefficient (Wildman–Crippen LogP) is 2.08. The van der Waals surface area contributed by atoms with Gasteiger partial charge in [-0.2, -0.15) is 0 Å². The van der Waals surface area contributed by atoms with Crippen LogP contribution in [0.1, 0.15) is 23.2 Å². The summed E-state index contributed by atoms with van der Waals surface area (Å²) in [6, 6.07) is 9.49. The molecule has 4 nitrogen and oxygen atoms in total. The largest absolute Gasteiger partial charge is 0.396 e. The highest BCUT2D eigenvalue weighted by molar-refractivity contribution is 5.97. The summed E-state index contributed by atoms with van der Waals surface area (Å²) in [5.74, 6) is 0.423. The molecular formula is C16H18N2O2. The van der Waals surface area contributed by atoms with Gasteiger partial charge in [-0.25, -0.2) is 0 Å². The molecule has 0 aliphatic carbocycles. The van der Waals surface area contributed by atoms with Gasteiger partial charge >= 0.3 is 0 Å². The number of nitrogens with zero attached hydrogens (tertiary/aromatic N) is 2. The van der Waals surface area contributed by atoms with E-state index in [0.29, 0.717) is 11.5 Å². The molecule has 1 saturated heterocycles. The average molecular weight is 270 g/mol. The van der Waals surface area contributed by atoms with Crippen molar-refractivity contribution < 1.29 is 9.90 Å². The van der Waals surface area contributed by atoms with Gasteiger partial charge in [0, 0.05) is 36.8 Å². The summed E-state index contributed by atoms with van der Waals surface area (Å²) < 4.78 is 0. The fraction of sp³-hybridized carbons (Fsp3) is 0.375. The number of hydrogen-bond donors (Lipinski definition) is 1. The van der Waals surface area contributed by atoms with Gasteiger partial charge in [-0.3, -0.25) is 9.78 Å². The molecule has 1 aromatic carbocycles. The molecule has 0 unspecified atom stereocenters. The van der Waals surface area contributed by atoms with Crippen LogP contribution in [-0.2, 0) is 0 Å². The number of amides is 1. The van der Waals surface area contributed by atoms with Crippen LogP contribution in [0, 0.1) is 5.92 Å². The maximum absolute atomic E-state index is 12.5. The van der Waals surface area contributed by atoms with Crippen LogP contribution < -0.4 is 0 Å². The Balaban J connectivity index is 1.79. The zero-order chi connectivity index (χ0) is 13.9. The van der Waals surface area contributed by atoms with Crippen LogP contribution >= 0.6 is 0 Å². The average Bonchev–Trinajstić information content (AvgIpc) is 2.54. The lowest BCUT2D eigenvalue weighted by molar-refractivity contribution is 0.0651. The van der Waals surface area contributed by atoms with E-state index in [9.17, 15) is 4.79 Å². The number of piperidine rings is 1. The van der Waals surface area contributed by atoms with Crippen molar-refractivity contribution in [2.75, 3.05) is 19.7 Å². The van der Waals surface area contributed by atoms with Crippen LogP contribution in [0.3, 0.4) is 0 Å². The summed E-state index contributed by atoms with van der Waals surface area (Å²) in [7, 11) is 0. The molecule has 20 heavy (non-hydrogen) atoms. The zero-order valence-electron chi connectivity index (χ0n) is 11.3. The third-order valence-electron chi connectivity index (χ3n) is 4.01. The molecular weight excluding hydrogens is 252 g/mol. The molecule has 1 aliphatic rings. The molecule has 0 bridgehead atoms. The number of aliphatic hydroxyl groups excluding tert-OH is 1. The standard InChI is InChI=1S/C16H18N2O2/c19-11-12-5-8-18(9-6-12)16(20)14-3-4-15-13(10-14)2-1-7-17-15/h1-4,7,10,12,19H,5-6,8-9,11H2. The van der Waals surface area contributed by atoms with Gasteiger partial charge in [-0.1, -0.05) is 6.07 Å². The summed E-state index contributed by atoms with van der Waals surface area (Å²) in [5.41, 5.74) is 1.62. The molecule has 1 amide bonds. The number of carbonyl (C=O) groups is 1. The molecule has 0 atom stereocenters. The van der Waals surface area contributed by atoms with Gasteiger partial charge in [0.15, 0.2) is 0 Å². The van der Waals surface area contributed by atoms with Gasteiger partial charge in [0.25, 0.3) is 5.91 Å². The maximum atomic E-state index is 12.5. The summed E-state index contributed by atoms with van der Waals surface area (Å²) >= 11 is 0. The Morgan fingerprint density at radius 2 is 2.10 bits per heavy atom. The van der Waals surface area contributed by atoms with E-state index >= 15 is 0 Å². The number of aromatic nitrogens is 1. The van der Waals surface area contributed by atoms with Crippen molar-refractivity contribution in [3.05, 3.63) is 42.1 Å². The Morgan fingerprint density at radius 1 is 1.30 bits per heavy atom. The Kier molecular flexibility index (Phi) is 3.65. The quantitative estimate of drug-likeness (QED) is 0.909. The molecule has 1 fully saturated rings. The second-order valence-corrected chi connectivity index (χ2v) is 5.33. The Hall–Kier alpha value is -1.94. The number of pyridine rings is 1. The van der Waals surface area contributed by atoms with Crippen molar-refractivity contribution in [2.45, 2.75) is 12.8 Å². The van der Waals surface area contributed by atoms with E-state index in [-0.39, 0.29) is 12.5 Å². The number of carbonyl (C=O) groups excluding carboxylic acids is 1. The molecule has 0 saturated carbocycles. The van der Waals surface area contributed by atoms with Crippen LogP contribution in [0.15, 0.2) is 36.5 Å². The number of aliphatic hydroxyl groups is 1. The van der Waals surface area contributed by atoms with Crippen molar-refractivity contribution >= 4 is 16.8 Å². The maximum Gasteiger partial charge on any atom is 0.253 e. The van der Waals surface area contributed by atoms with E-state index in [0.717, 1.165) is 36.8 Å². The van der Waals surface area contributed by atoms with E-state index < -0.39 is 0 Å². The number of fused-ring (bicyclic) bond motifs is 1. The van der Waals surface area contributed by atoms with Crippen molar-refractivity contribution in [3.63, 3.8) is 0 Å². The van der Waals surface area contributed by atoms with E-state index in [4.69, 9.17) is 5.11 Å². The highest BCUT2D eigenvalue weighted by Gasteiger charge is 2.23. The van der Waals surface area contributed by atoms with E-state index in [1.165, 1.54) is 0 Å². The third-order valence-corrected chi connectivity index (χ3v) is 4.01. The second kappa shape index (κ2) is 5.59. The minimum absolute atomic E-state index is 0.0761. The minimum atomic E-state index is 0.0761. The van der Waals surface area contributed by atoms with Gasteiger partial charge in [-0.15, -0.1) is 0 Å². The first-order valence-corrected chi connectivity index (χ1v) is 7.03. The van der Waals surface area contributed by atoms with Crippen molar-refractivity contribution in [2.24, 2.45) is 5.92 Å². The van der Waals surface area contributed by atoms with Gasteiger partial charge in [0.05, 0.1) is 5.52 Å². The van der Waals surface area contributed by atoms with Gasteiger partial charge in [-0.05, 0) is 43.0 Å². The van der Waals surface area contributed by atoms with Crippen LogP contribution in [0.25, 0.3) is 10.9 Å². The number of rotatable bonds is 2. The molecule has 4 heteroatoms. The fourth-order valence-electron chi connectivity index (χ4n) is 2.71. The van der Waals surface area contributed by atoms with Gasteiger partial charge < -0.3 is 10.0 Å². The van der Waals surface area contributed by atoms with Crippen LogP contribution in [0.4, 0.5) is 0 Å². The molecule has 1 aliphatic heterocycles.